The predicted octanol–water partition coefficient (Wildman–Crippen LogP) is 2.16. The van der Waals surface area contributed by atoms with Gasteiger partial charge in [-0.2, -0.15) is 0 Å². The van der Waals surface area contributed by atoms with Gasteiger partial charge in [0.15, 0.2) is 0 Å². The first-order chi connectivity index (χ1) is 11.7. The van der Waals surface area contributed by atoms with E-state index >= 15 is 0 Å². The Balaban J connectivity index is 0.000000450. The number of aliphatic carboxylic acids is 2. The Hall–Kier alpha value is -1.54. The SMILES string of the molecule is CC(CN1CCN(C)CC1)Oc1cccc(Cl)c1Cl.O=C(O)C(=O)O. The lowest BCUT2D eigenvalue weighted by molar-refractivity contribution is -0.159. The summed E-state index contributed by atoms with van der Waals surface area (Å²) in [6.07, 6.45) is 0.0966. The van der Waals surface area contributed by atoms with Crippen molar-refractivity contribution in [2.45, 2.75) is 13.0 Å². The minimum Gasteiger partial charge on any atom is -0.488 e. The van der Waals surface area contributed by atoms with Crippen LogP contribution in [0.3, 0.4) is 0 Å². The summed E-state index contributed by atoms with van der Waals surface area (Å²) >= 11 is 12.1. The smallest absolute Gasteiger partial charge is 0.414 e. The number of carboxylic acid groups (broad SMARTS) is 2. The molecule has 1 aromatic rings. The first-order valence-electron chi connectivity index (χ1n) is 7.68. The molecular formula is C16H22Cl2N2O5. The molecule has 9 heteroatoms. The number of hydrogen-bond donors (Lipinski definition) is 2. The highest BCUT2D eigenvalue weighted by Gasteiger charge is 2.17. The molecule has 0 amide bonds. The molecule has 0 spiro atoms. The van der Waals surface area contributed by atoms with Crippen LogP contribution in [0.4, 0.5) is 0 Å². The summed E-state index contributed by atoms with van der Waals surface area (Å²) in [7, 11) is 2.16. The van der Waals surface area contributed by atoms with E-state index in [1.807, 2.05) is 12.1 Å². The van der Waals surface area contributed by atoms with E-state index in [0.29, 0.717) is 15.8 Å². The molecule has 1 unspecified atom stereocenters. The van der Waals surface area contributed by atoms with Crippen LogP contribution in [-0.2, 0) is 9.59 Å². The second-order valence-corrected chi connectivity index (χ2v) is 6.48. The highest BCUT2D eigenvalue weighted by Crippen LogP contribution is 2.32. The number of ether oxygens (including phenoxy) is 1. The zero-order chi connectivity index (χ0) is 19.0. The minimum absolute atomic E-state index is 0.0966. The fourth-order valence-electron chi connectivity index (χ4n) is 2.22. The highest BCUT2D eigenvalue weighted by atomic mass is 35.5. The summed E-state index contributed by atoms with van der Waals surface area (Å²) in [6.45, 7) is 7.39. The zero-order valence-corrected chi connectivity index (χ0v) is 15.6. The third-order valence-corrected chi connectivity index (χ3v) is 4.34. The van der Waals surface area contributed by atoms with Crippen LogP contribution < -0.4 is 4.74 Å². The van der Waals surface area contributed by atoms with Gasteiger partial charge >= 0.3 is 11.9 Å². The lowest BCUT2D eigenvalue weighted by Crippen LogP contribution is -2.47. The van der Waals surface area contributed by atoms with Gasteiger partial charge in [0.05, 0.1) is 5.02 Å². The maximum absolute atomic E-state index is 9.10. The second-order valence-electron chi connectivity index (χ2n) is 5.69. The second kappa shape index (κ2) is 10.5. The molecule has 1 aromatic carbocycles. The zero-order valence-electron chi connectivity index (χ0n) is 14.1. The first kappa shape index (κ1) is 21.5. The summed E-state index contributed by atoms with van der Waals surface area (Å²) < 4.78 is 5.88. The molecule has 25 heavy (non-hydrogen) atoms. The fourth-order valence-corrected chi connectivity index (χ4v) is 2.56. The number of carboxylic acids is 2. The average Bonchev–Trinajstić information content (AvgIpc) is 2.54. The molecule has 1 saturated heterocycles. The normalized spacial score (nSPS) is 16.5. The van der Waals surface area contributed by atoms with Gasteiger partial charge in [-0.3, -0.25) is 4.90 Å². The summed E-state index contributed by atoms with van der Waals surface area (Å²) in [6, 6.07) is 5.47. The number of likely N-dealkylation sites (N-methyl/N-ethyl adjacent to an activating group) is 1. The van der Waals surface area contributed by atoms with Crippen molar-refractivity contribution in [3.8, 4) is 5.75 Å². The molecule has 1 aliphatic heterocycles. The van der Waals surface area contributed by atoms with Crippen LogP contribution in [0.5, 0.6) is 5.75 Å². The highest BCUT2D eigenvalue weighted by molar-refractivity contribution is 6.42. The quantitative estimate of drug-likeness (QED) is 0.758. The molecule has 0 saturated carbocycles. The fraction of sp³-hybridized carbons (Fsp3) is 0.500. The molecule has 0 aliphatic carbocycles. The number of carbonyl (C=O) groups is 2. The van der Waals surface area contributed by atoms with E-state index in [4.69, 9.17) is 47.7 Å². The van der Waals surface area contributed by atoms with Crippen LogP contribution in [0.1, 0.15) is 6.92 Å². The lowest BCUT2D eigenvalue weighted by Gasteiger charge is -2.33. The first-order valence-corrected chi connectivity index (χ1v) is 8.44. The molecule has 1 heterocycles. The summed E-state index contributed by atoms with van der Waals surface area (Å²) in [5.41, 5.74) is 0. The molecule has 140 valence electrons. The molecule has 1 fully saturated rings. The summed E-state index contributed by atoms with van der Waals surface area (Å²) in [5, 5.41) is 15.8. The number of nitrogens with zero attached hydrogens (tertiary/aromatic N) is 2. The van der Waals surface area contributed by atoms with E-state index in [-0.39, 0.29) is 6.10 Å². The van der Waals surface area contributed by atoms with Crippen LogP contribution in [0.25, 0.3) is 0 Å². The van der Waals surface area contributed by atoms with Crippen molar-refractivity contribution in [2.24, 2.45) is 0 Å². The van der Waals surface area contributed by atoms with E-state index in [0.717, 1.165) is 32.7 Å². The number of piperazine rings is 1. The predicted molar refractivity (Wildman–Crippen MR) is 95.8 cm³/mol. The Kier molecular flexibility index (Phi) is 8.99. The van der Waals surface area contributed by atoms with Gasteiger partial charge in [0.1, 0.15) is 16.9 Å². The van der Waals surface area contributed by atoms with Gasteiger partial charge in [-0.05, 0) is 26.1 Å². The van der Waals surface area contributed by atoms with Crippen molar-refractivity contribution in [3.05, 3.63) is 28.2 Å². The third-order valence-electron chi connectivity index (χ3n) is 3.54. The van der Waals surface area contributed by atoms with Gasteiger partial charge in [0.2, 0.25) is 0 Å². The molecule has 0 bridgehead atoms. The Labute approximate surface area is 156 Å². The minimum atomic E-state index is -1.82. The van der Waals surface area contributed by atoms with Crippen LogP contribution in [-0.4, -0.2) is 77.8 Å². The van der Waals surface area contributed by atoms with Gasteiger partial charge in [-0.15, -0.1) is 0 Å². The monoisotopic (exact) mass is 392 g/mol. The standard InChI is InChI=1S/C14H20Cl2N2O.C2H2O4/c1-11(10-18-8-6-17(2)7-9-18)19-13-5-3-4-12(15)14(13)16;3-1(4)2(5)6/h3-5,11H,6-10H2,1-2H3;(H,3,4)(H,5,6). The number of benzene rings is 1. The van der Waals surface area contributed by atoms with E-state index in [1.165, 1.54) is 0 Å². The van der Waals surface area contributed by atoms with Gasteiger partial charge in [-0.1, -0.05) is 29.3 Å². The van der Waals surface area contributed by atoms with Crippen molar-refractivity contribution >= 4 is 35.1 Å². The Bertz CT molecular complexity index is 580. The van der Waals surface area contributed by atoms with E-state index in [2.05, 4.69) is 23.8 Å². The number of rotatable bonds is 4. The summed E-state index contributed by atoms with van der Waals surface area (Å²) in [4.78, 5) is 23.0. The molecule has 1 atom stereocenters. The molecular weight excluding hydrogens is 371 g/mol. The van der Waals surface area contributed by atoms with Crippen molar-refractivity contribution in [3.63, 3.8) is 0 Å². The Morgan fingerprint density at radius 2 is 1.72 bits per heavy atom. The Morgan fingerprint density at radius 3 is 2.24 bits per heavy atom. The van der Waals surface area contributed by atoms with E-state index < -0.39 is 11.9 Å². The summed E-state index contributed by atoms with van der Waals surface area (Å²) in [5.74, 6) is -2.99. The van der Waals surface area contributed by atoms with Crippen LogP contribution in [0.2, 0.25) is 10.0 Å². The largest absolute Gasteiger partial charge is 0.488 e. The maximum Gasteiger partial charge on any atom is 0.414 e. The average molecular weight is 393 g/mol. The van der Waals surface area contributed by atoms with Crippen LogP contribution in [0, 0.1) is 0 Å². The van der Waals surface area contributed by atoms with Gasteiger partial charge in [0.25, 0.3) is 0 Å². The van der Waals surface area contributed by atoms with Gasteiger partial charge in [0, 0.05) is 32.7 Å². The Morgan fingerprint density at radius 1 is 1.16 bits per heavy atom. The van der Waals surface area contributed by atoms with Gasteiger partial charge < -0.3 is 19.8 Å². The van der Waals surface area contributed by atoms with E-state index in [1.54, 1.807) is 6.07 Å². The van der Waals surface area contributed by atoms with Crippen molar-refractivity contribution in [1.82, 2.24) is 9.80 Å². The molecule has 0 radical (unpaired) electrons. The van der Waals surface area contributed by atoms with Crippen molar-refractivity contribution in [2.75, 3.05) is 39.8 Å². The third kappa shape index (κ3) is 7.92. The van der Waals surface area contributed by atoms with Crippen LogP contribution in [0.15, 0.2) is 18.2 Å². The number of halogens is 2. The number of hydrogen-bond acceptors (Lipinski definition) is 5. The van der Waals surface area contributed by atoms with Gasteiger partial charge in [-0.25, -0.2) is 9.59 Å². The lowest BCUT2D eigenvalue weighted by atomic mass is 10.3. The maximum atomic E-state index is 9.10. The topological polar surface area (TPSA) is 90.3 Å². The molecule has 7 nitrogen and oxygen atoms in total. The van der Waals surface area contributed by atoms with Crippen molar-refractivity contribution in [1.29, 1.82) is 0 Å². The molecule has 2 rings (SSSR count). The molecule has 0 aromatic heterocycles. The van der Waals surface area contributed by atoms with E-state index in [9.17, 15) is 0 Å². The molecule has 1 aliphatic rings. The van der Waals surface area contributed by atoms with Crippen molar-refractivity contribution < 1.29 is 24.5 Å². The molecule has 2 N–H and O–H groups in total. The van der Waals surface area contributed by atoms with Crippen LogP contribution >= 0.6 is 23.2 Å².